The molecule has 1 aromatic heterocycles. The number of benzene rings is 2. The van der Waals surface area contributed by atoms with Crippen LogP contribution in [0.15, 0.2) is 72.4 Å². The van der Waals surface area contributed by atoms with Gasteiger partial charge in [0.1, 0.15) is 0 Å². The van der Waals surface area contributed by atoms with Crippen molar-refractivity contribution >= 4 is 11.5 Å². The van der Waals surface area contributed by atoms with Gasteiger partial charge in [0.05, 0.1) is 0 Å². The van der Waals surface area contributed by atoms with E-state index < -0.39 is 5.95 Å². The van der Waals surface area contributed by atoms with Crippen LogP contribution in [0.1, 0.15) is 23.6 Å². The van der Waals surface area contributed by atoms with E-state index in [1.54, 1.807) is 6.07 Å². The summed E-state index contributed by atoms with van der Waals surface area (Å²) in [7, 11) is 0. The van der Waals surface area contributed by atoms with Crippen LogP contribution in [0.4, 0.5) is 4.39 Å². The maximum atomic E-state index is 13.0. The molecule has 4 heteroatoms. The number of nitrogens with one attached hydrogen (secondary N) is 1. The van der Waals surface area contributed by atoms with Crippen molar-refractivity contribution in [3.8, 4) is 11.1 Å². The Hall–Kier alpha value is -3.27. The first-order valence-electron chi connectivity index (χ1n) is 8.89. The quantitative estimate of drug-likeness (QED) is 0.696. The Kier molecular flexibility index (Phi) is 4.55. The van der Waals surface area contributed by atoms with Crippen LogP contribution in [0, 0.1) is 5.95 Å². The molecule has 1 aliphatic carbocycles. The van der Waals surface area contributed by atoms with Crippen LogP contribution in [0.3, 0.4) is 0 Å². The van der Waals surface area contributed by atoms with Gasteiger partial charge >= 0.3 is 0 Å². The van der Waals surface area contributed by atoms with Gasteiger partial charge in [0.15, 0.2) is 0 Å². The summed E-state index contributed by atoms with van der Waals surface area (Å²) in [5.74, 6) is -0.527. The number of nitrogens with zero attached hydrogens (tertiary/aromatic N) is 1. The first-order valence-corrected chi connectivity index (χ1v) is 8.89. The van der Waals surface area contributed by atoms with Crippen molar-refractivity contribution in [2.45, 2.75) is 19.9 Å². The average molecular weight is 358 g/mol. The van der Waals surface area contributed by atoms with Crippen LogP contribution in [0.25, 0.3) is 16.7 Å². The van der Waals surface area contributed by atoms with E-state index >= 15 is 0 Å². The molecule has 0 saturated heterocycles. The first kappa shape index (κ1) is 17.2. The van der Waals surface area contributed by atoms with E-state index in [9.17, 15) is 9.18 Å². The molecule has 3 nitrogen and oxygen atoms in total. The summed E-state index contributed by atoms with van der Waals surface area (Å²) in [4.78, 5) is 16.4. The van der Waals surface area contributed by atoms with Crippen LogP contribution in [-0.2, 0) is 17.8 Å². The van der Waals surface area contributed by atoms with Gasteiger partial charge in [-0.15, -0.1) is 0 Å². The largest absolute Gasteiger partial charge is 0.348 e. The van der Waals surface area contributed by atoms with E-state index in [-0.39, 0.29) is 5.91 Å². The molecule has 1 aliphatic rings. The predicted molar refractivity (Wildman–Crippen MR) is 104 cm³/mol. The highest BCUT2D eigenvalue weighted by molar-refractivity contribution is 6.03. The maximum absolute atomic E-state index is 13.0. The Bertz CT molecular complexity index is 1040. The summed E-state index contributed by atoms with van der Waals surface area (Å²) in [6.45, 7) is 2.44. The van der Waals surface area contributed by atoms with Gasteiger partial charge in [-0.2, -0.15) is 4.39 Å². The van der Waals surface area contributed by atoms with Crippen molar-refractivity contribution in [3.63, 3.8) is 0 Å². The van der Waals surface area contributed by atoms with E-state index in [2.05, 4.69) is 22.4 Å². The van der Waals surface area contributed by atoms with Crippen molar-refractivity contribution < 1.29 is 9.18 Å². The third kappa shape index (κ3) is 3.51. The SMILES string of the molecule is CC1=C(C(=O)NCc2cccc(-c3ccc(F)nc3)c2)Cc2ccccc21. The zero-order valence-corrected chi connectivity index (χ0v) is 15.0. The lowest BCUT2D eigenvalue weighted by Gasteiger charge is -2.09. The molecule has 0 radical (unpaired) electrons. The van der Waals surface area contributed by atoms with Gasteiger partial charge in [-0.05, 0) is 52.9 Å². The number of carbonyl (C=O) groups is 1. The number of amides is 1. The topological polar surface area (TPSA) is 42.0 Å². The minimum Gasteiger partial charge on any atom is -0.348 e. The van der Waals surface area contributed by atoms with E-state index in [0.29, 0.717) is 13.0 Å². The second-order valence-corrected chi connectivity index (χ2v) is 6.69. The summed E-state index contributed by atoms with van der Waals surface area (Å²) in [6, 6.07) is 19.0. The normalized spacial score (nSPS) is 12.8. The van der Waals surface area contributed by atoms with Gasteiger partial charge < -0.3 is 5.32 Å². The fourth-order valence-electron chi connectivity index (χ4n) is 3.47. The number of pyridine rings is 1. The van der Waals surface area contributed by atoms with Crippen molar-refractivity contribution in [2.75, 3.05) is 0 Å². The Labute approximate surface area is 157 Å². The lowest BCUT2D eigenvalue weighted by molar-refractivity contribution is -0.117. The predicted octanol–water partition coefficient (Wildman–Crippen LogP) is 4.53. The summed E-state index contributed by atoms with van der Waals surface area (Å²) in [5.41, 5.74) is 7.01. The zero-order valence-electron chi connectivity index (χ0n) is 15.0. The molecule has 0 saturated carbocycles. The standard InChI is InChI=1S/C23H19FN2O/c1-15-20-8-3-2-6-18(20)12-21(15)23(27)26-13-16-5-4-7-17(11-16)19-9-10-22(24)25-14-19/h2-11,14H,12-13H2,1H3,(H,26,27). The maximum Gasteiger partial charge on any atom is 0.248 e. The van der Waals surface area contributed by atoms with Gasteiger partial charge in [-0.1, -0.05) is 42.5 Å². The second-order valence-electron chi connectivity index (χ2n) is 6.69. The zero-order chi connectivity index (χ0) is 18.8. The number of rotatable bonds is 4. The van der Waals surface area contributed by atoms with Crippen LogP contribution in [0.5, 0.6) is 0 Å². The second kappa shape index (κ2) is 7.16. The molecule has 0 spiro atoms. The average Bonchev–Trinajstić information content (AvgIpc) is 3.04. The highest BCUT2D eigenvalue weighted by atomic mass is 19.1. The molecular formula is C23H19FN2O. The molecule has 0 aliphatic heterocycles. The van der Waals surface area contributed by atoms with Crippen molar-refractivity contribution in [2.24, 2.45) is 0 Å². The number of hydrogen-bond acceptors (Lipinski definition) is 2. The summed E-state index contributed by atoms with van der Waals surface area (Å²) in [6.07, 6.45) is 2.19. The van der Waals surface area contributed by atoms with Gasteiger partial charge in [0.2, 0.25) is 11.9 Å². The Balaban J connectivity index is 1.47. The van der Waals surface area contributed by atoms with Crippen molar-refractivity contribution in [1.29, 1.82) is 0 Å². The van der Waals surface area contributed by atoms with E-state index in [1.807, 2.05) is 43.3 Å². The van der Waals surface area contributed by atoms with E-state index in [4.69, 9.17) is 0 Å². The molecule has 134 valence electrons. The smallest absolute Gasteiger partial charge is 0.248 e. The molecule has 4 rings (SSSR count). The van der Waals surface area contributed by atoms with Crippen LogP contribution >= 0.6 is 0 Å². The highest BCUT2D eigenvalue weighted by Gasteiger charge is 2.22. The molecule has 0 atom stereocenters. The number of hydrogen-bond donors (Lipinski definition) is 1. The fourth-order valence-corrected chi connectivity index (χ4v) is 3.47. The highest BCUT2D eigenvalue weighted by Crippen LogP contribution is 2.32. The first-order chi connectivity index (χ1) is 13.1. The molecule has 1 amide bonds. The minimum atomic E-state index is -0.497. The molecule has 0 bridgehead atoms. The molecule has 2 aromatic carbocycles. The molecule has 1 heterocycles. The van der Waals surface area contributed by atoms with Gasteiger partial charge in [-0.3, -0.25) is 4.79 Å². The van der Waals surface area contributed by atoms with E-state index in [1.165, 1.54) is 17.8 Å². The van der Waals surface area contributed by atoms with Crippen LogP contribution in [0.2, 0.25) is 0 Å². The minimum absolute atomic E-state index is 0.0300. The Morgan fingerprint density at radius 3 is 2.70 bits per heavy atom. The molecule has 27 heavy (non-hydrogen) atoms. The van der Waals surface area contributed by atoms with Gasteiger partial charge in [0, 0.05) is 30.3 Å². The van der Waals surface area contributed by atoms with Crippen LogP contribution < -0.4 is 5.32 Å². The molecule has 0 unspecified atom stereocenters. The third-order valence-electron chi connectivity index (χ3n) is 4.96. The van der Waals surface area contributed by atoms with Gasteiger partial charge in [0.25, 0.3) is 0 Å². The van der Waals surface area contributed by atoms with E-state index in [0.717, 1.165) is 33.4 Å². The lowest BCUT2D eigenvalue weighted by Crippen LogP contribution is -2.25. The number of allylic oxidation sites excluding steroid dienone is 1. The number of halogens is 1. The number of aromatic nitrogens is 1. The monoisotopic (exact) mass is 358 g/mol. The number of carbonyl (C=O) groups excluding carboxylic acids is 1. The summed E-state index contributed by atoms with van der Waals surface area (Å²) in [5, 5.41) is 3.02. The van der Waals surface area contributed by atoms with Gasteiger partial charge in [-0.25, -0.2) is 4.98 Å². The lowest BCUT2D eigenvalue weighted by atomic mass is 10.0. The number of fused-ring (bicyclic) bond motifs is 1. The summed E-state index contributed by atoms with van der Waals surface area (Å²) < 4.78 is 13.0. The molecule has 3 aromatic rings. The molecule has 0 fully saturated rings. The summed E-state index contributed by atoms with van der Waals surface area (Å²) >= 11 is 0. The van der Waals surface area contributed by atoms with Crippen molar-refractivity contribution in [1.82, 2.24) is 10.3 Å². The molecule has 1 N–H and O–H groups in total. The Morgan fingerprint density at radius 1 is 1.07 bits per heavy atom. The fraction of sp³-hybridized carbons (Fsp3) is 0.130. The molecular weight excluding hydrogens is 339 g/mol. The van der Waals surface area contributed by atoms with Crippen molar-refractivity contribution in [3.05, 3.63) is 95.1 Å². The van der Waals surface area contributed by atoms with Crippen LogP contribution in [-0.4, -0.2) is 10.9 Å². The third-order valence-corrected chi connectivity index (χ3v) is 4.96. The Morgan fingerprint density at radius 2 is 1.93 bits per heavy atom.